The molecule has 7 heteroatoms. The number of aryl methyl sites for hydroxylation is 1. The van der Waals surface area contributed by atoms with Crippen LogP contribution in [-0.4, -0.2) is 44.6 Å². The Hall–Kier alpha value is -2.67. The van der Waals surface area contributed by atoms with Gasteiger partial charge in [-0.2, -0.15) is 0 Å². The molecular formula is C20H23NO5S. The molecule has 27 heavy (non-hydrogen) atoms. The van der Waals surface area contributed by atoms with E-state index in [1.54, 1.807) is 19.2 Å². The van der Waals surface area contributed by atoms with E-state index in [1.807, 2.05) is 31.2 Å². The molecule has 0 bridgehead atoms. The topological polar surface area (TPSA) is 80.7 Å². The Balaban J connectivity index is 2.04. The van der Waals surface area contributed by atoms with E-state index >= 15 is 0 Å². The minimum Gasteiger partial charge on any atom is -0.452 e. The van der Waals surface area contributed by atoms with Gasteiger partial charge in [0.1, 0.15) is 0 Å². The molecule has 2 rings (SSSR count). The monoisotopic (exact) mass is 389 g/mol. The predicted octanol–water partition coefficient (Wildman–Crippen LogP) is 2.60. The number of hydrogen-bond donors (Lipinski definition) is 0. The van der Waals surface area contributed by atoms with Crippen LogP contribution in [-0.2, 0) is 25.9 Å². The SMILES string of the molecule is CCS(=O)(=O)c1ccccc1C(=O)OCC(=O)N(C)Cc1ccccc1C. The number of likely N-dealkylation sites (N-methyl/N-ethyl adjacent to an activating group) is 1. The number of ether oxygens (including phenoxy) is 1. The number of amides is 1. The van der Waals surface area contributed by atoms with Crippen LogP contribution in [0, 0.1) is 6.92 Å². The second-order valence-corrected chi connectivity index (χ2v) is 8.40. The predicted molar refractivity (Wildman–Crippen MR) is 102 cm³/mol. The van der Waals surface area contributed by atoms with E-state index in [-0.39, 0.29) is 22.1 Å². The molecule has 0 aliphatic rings. The van der Waals surface area contributed by atoms with Crippen LogP contribution in [0.1, 0.15) is 28.4 Å². The standard InChI is InChI=1S/C20H23NO5S/c1-4-27(24,25)18-12-8-7-11-17(18)20(23)26-14-19(22)21(3)13-16-10-6-5-9-15(16)2/h5-12H,4,13-14H2,1-3H3. The largest absolute Gasteiger partial charge is 0.452 e. The Morgan fingerprint density at radius 1 is 1.04 bits per heavy atom. The van der Waals surface area contributed by atoms with Crippen LogP contribution in [0.25, 0.3) is 0 Å². The van der Waals surface area contributed by atoms with Crippen molar-refractivity contribution in [3.63, 3.8) is 0 Å². The Morgan fingerprint density at radius 2 is 1.67 bits per heavy atom. The molecule has 0 aliphatic heterocycles. The quantitative estimate of drug-likeness (QED) is 0.680. The summed E-state index contributed by atoms with van der Waals surface area (Å²) in [6.07, 6.45) is 0. The molecule has 0 heterocycles. The van der Waals surface area contributed by atoms with Crippen molar-refractivity contribution >= 4 is 21.7 Å². The molecule has 0 fully saturated rings. The van der Waals surface area contributed by atoms with Crippen LogP contribution in [0.3, 0.4) is 0 Å². The number of benzene rings is 2. The van der Waals surface area contributed by atoms with Gasteiger partial charge in [0.25, 0.3) is 5.91 Å². The molecule has 6 nitrogen and oxygen atoms in total. The van der Waals surface area contributed by atoms with Crippen molar-refractivity contribution in [1.29, 1.82) is 0 Å². The van der Waals surface area contributed by atoms with Gasteiger partial charge in [-0.3, -0.25) is 4.79 Å². The van der Waals surface area contributed by atoms with Crippen LogP contribution in [0.15, 0.2) is 53.4 Å². The first kappa shape index (κ1) is 20.6. The van der Waals surface area contributed by atoms with Crippen LogP contribution >= 0.6 is 0 Å². The van der Waals surface area contributed by atoms with Gasteiger partial charge in [-0.1, -0.05) is 43.3 Å². The number of esters is 1. The highest BCUT2D eigenvalue weighted by atomic mass is 32.2. The Kier molecular flexibility index (Phi) is 6.74. The van der Waals surface area contributed by atoms with Crippen molar-refractivity contribution in [2.75, 3.05) is 19.4 Å². The van der Waals surface area contributed by atoms with Crippen molar-refractivity contribution in [3.8, 4) is 0 Å². The molecule has 0 atom stereocenters. The summed E-state index contributed by atoms with van der Waals surface area (Å²) < 4.78 is 29.3. The van der Waals surface area contributed by atoms with E-state index in [4.69, 9.17) is 4.74 Å². The third-order valence-electron chi connectivity index (χ3n) is 4.24. The fourth-order valence-corrected chi connectivity index (χ4v) is 3.59. The van der Waals surface area contributed by atoms with Gasteiger partial charge in [0.15, 0.2) is 16.4 Å². The first-order chi connectivity index (χ1) is 12.8. The summed E-state index contributed by atoms with van der Waals surface area (Å²) in [5, 5.41) is 0. The van der Waals surface area contributed by atoms with Gasteiger partial charge in [-0.25, -0.2) is 13.2 Å². The van der Waals surface area contributed by atoms with Crippen LogP contribution in [0.5, 0.6) is 0 Å². The summed E-state index contributed by atoms with van der Waals surface area (Å²) >= 11 is 0. The molecule has 1 amide bonds. The van der Waals surface area contributed by atoms with Crippen molar-refractivity contribution < 1.29 is 22.7 Å². The van der Waals surface area contributed by atoms with Crippen LogP contribution < -0.4 is 0 Å². The maximum atomic E-state index is 12.3. The molecule has 0 saturated heterocycles. The van der Waals surface area contributed by atoms with Gasteiger partial charge in [-0.05, 0) is 30.2 Å². The molecule has 0 aliphatic carbocycles. The van der Waals surface area contributed by atoms with E-state index < -0.39 is 22.4 Å². The highest BCUT2D eigenvalue weighted by Gasteiger charge is 2.22. The minimum atomic E-state index is -3.57. The van der Waals surface area contributed by atoms with Crippen LogP contribution in [0.2, 0.25) is 0 Å². The molecule has 0 unspecified atom stereocenters. The molecule has 0 aromatic heterocycles. The fourth-order valence-electron chi connectivity index (χ4n) is 2.51. The van der Waals surface area contributed by atoms with Gasteiger partial charge in [-0.15, -0.1) is 0 Å². The number of hydrogen-bond acceptors (Lipinski definition) is 5. The fraction of sp³-hybridized carbons (Fsp3) is 0.300. The lowest BCUT2D eigenvalue weighted by atomic mass is 10.1. The lowest BCUT2D eigenvalue weighted by Crippen LogP contribution is -2.31. The highest BCUT2D eigenvalue weighted by Crippen LogP contribution is 2.18. The molecule has 0 saturated carbocycles. The van der Waals surface area contributed by atoms with Crippen molar-refractivity contribution in [2.45, 2.75) is 25.3 Å². The molecule has 2 aromatic rings. The molecule has 0 radical (unpaired) electrons. The summed E-state index contributed by atoms with van der Waals surface area (Å²) in [5.41, 5.74) is 2.00. The molecule has 2 aromatic carbocycles. The number of carbonyl (C=O) groups excluding carboxylic acids is 2. The van der Waals surface area contributed by atoms with Crippen LogP contribution in [0.4, 0.5) is 0 Å². The van der Waals surface area contributed by atoms with Gasteiger partial charge < -0.3 is 9.64 Å². The molecule has 0 spiro atoms. The second-order valence-electron chi connectivity index (χ2n) is 6.15. The highest BCUT2D eigenvalue weighted by molar-refractivity contribution is 7.91. The van der Waals surface area contributed by atoms with E-state index in [1.165, 1.54) is 24.0 Å². The van der Waals surface area contributed by atoms with Crippen molar-refractivity contribution in [1.82, 2.24) is 4.90 Å². The maximum Gasteiger partial charge on any atom is 0.339 e. The van der Waals surface area contributed by atoms with Gasteiger partial charge in [0.2, 0.25) is 0 Å². The van der Waals surface area contributed by atoms with Gasteiger partial charge in [0, 0.05) is 13.6 Å². The van der Waals surface area contributed by atoms with Crippen molar-refractivity contribution in [3.05, 3.63) is 65.2 Å². The third kappa shape index (κ3) is 5.17. The van der Waals surface area contributed by atoms with E-state index in [0.29, 0.717) is 6.54 Å². The zero-order valence-corrected chi connectivity index (χ0v) is 16.5. The summed E-state index contributed by atoms with van der Waals surface area (Å²) in [6.45, 7) is 3.39. The normalized spacial score (nSPS) is 11.1. The lowest BCUT2D eigenvalue weighted by Gasteiger charge is -2.18. The van der Waals surface area contributed by atoms with E-state index in [9.17, 15) is 18.0 Å². The number of carbonyl (C=O) groups is 2. The molecular weight excluding hydrogens is 366 g/mol. The summed E-state index contributed by atoms with van der Waals surface area (Å²) in [5.74, 6) is -1.34. The summed E-state index contributed by atoms with van der Waals surface area (Å²) in [4.78, 5) is 26.0. The first-order valence-corrected chi connectivity index (χ1v) is 10.2. The smallest absolute Gasteiger partial charge is 0.339 e. The Morgan fingerprint density at radius 3 is 2.33 bits per heavy atom. The minimum absolute atomic E-state index is 0.0614. The maximum absolute atomic E-state index is 12.3. The second kappa shape index (κ2) is 8.81. The summed E-state index contributed by atoms with van der Waals surface area (Å²) in [6, 6.07) is 13.5. The zero-order valence-electron chi connectivity index (χ0n) is 15.6. The first-order valence-electron chi connectivity index (χ1n) is 8.53. The zero-order chi connectivity index (χ0) is 20.0. The number of sulfone groups is 1. The Bertz CT molecular complexity index is 937. The average Bonchev–Trinajstić information content (AvgIpc) is 2.67. The third-order valence-corrected chi connectivity index (χ3v) is 6.03. The molecule has 144 valence electrons. The van der Waals surface area contributed by atoms with E-state index in [0.717, 1.165) is 11.1 Å². The van der Waals surface area contributed by atoms with E-state index in [2.05, 4.69) is 0 Å². The van der Waals surface area contributed by atoms with Gasteiger partial charge in [0.05, 0.1) is 16.2 Å². The molecule has 0 N–H and O–H groups in total. The lowest BCUT2D eigenvalue weighted by molar-refractivity contribution is -0.133. The average molecular weight is 389 g/mol. The number of nitrogens with zero attached hydrogens (tertiary/aromatic N) is 1. The number of rotatable bonds is 7. The van der Waals surface area contributed by atoms with Gasteiger partial charge >= 0.3 is 5.97 Å². The summed E-state index contributed by atoms with van der Waals surface area (Å²) in [7, 11) is -1.95. The Labute approximate surface area is 159 Å². The van der Waals surface area contributed by atoms with Crippen molar-refractivity contribution in [2.24, 2.45) is 0 Å².